The minimum Gasteiger partial charge on any atom is -0.140 e. The molecule has 0 spiro atoms. The molecule has 0 amide bonds. The molecular weight excluding hydrogens is 236 g/mol. The molecule has 0 unspecified atom stereocenters. The third kappa shape index (κ3) is 2.32. The lowest BCUT2D eigenvalue weighted by Gasteiger charge is -2.10. The quantitative estimate of drug-likeness (QED) is 0.678. The Hall–Kier alpha value is -1.60. The van der Waals surface area contributed by atoms with Crippen LogP contribution in [0.15, 0.2) is 60.7 Å². The van der Waals surface area contributed by atoms with Crippen molar-refractivity contribution >= 4 is 11.3 Å². The molecule has 0 fully saturated rings. The minimum absolute atomic E-state index is 0.568. The summed E-state index contributed by atoms with van der Waals surface area (Å²) in [7, 11) is 0. The Bertz CT molecular complexity index is 602. The maximum Gasteiger partial charge on any atom is 0.0345 e. The number of thiophene rings is 1. The average molecular weight is 252 g/mol. The van der Waals surface area contributed by atoms with Crippen LogP contribution in [0.25, 0.3) is 10.4 Å². The summed E-state index contributed by atoms with van der Waals surface area (Å²) in [4.78, 5) is 2.84. The van der Waals surface area contributed by atoms with Crippen molar-refractivity contribution in [2.24, 2.45) is 0 Å². The van der Waals surface area contributed by atoms with Gasteiger partial charge in [-0.25, -0.2) is 0 Å². The molecule has 0 saturated heterocycles. The lowest BCUT2D eigenvalue weighted by Crippen LogP contribution is -1.91. The summed E-state index contributed by atoms with van der Waals surface area (Å²) in [5.41, 5.74) is 2.66. The van der Waals surface area contributed by atoms with E-state index in [2.05, 4.69) is 67.6 Å². The lowest BCUT2D eigenvalue weighted by molar-refractivity contribution is 0.873. The highest BCUT2D eigenvalue weighted by atomic mass is 32.1. The van der Waals surface area contributed by atoms with Gasteiger partial charge in [0.1, 0.15) is 0 Å². The number of rotatable bonds is 2. The Morgan fingerprint density at radius 2 is 2.06 bits per heavy atom. The molecule has 0 saturated carbocycles. The van der Waals surface area contributed by atoms with Crippen molar-refractivity contribution in [1.29, 1.82) is 0 Å². The molecule has 1 atom stereocenters. The normalized spacial score (nSPS) is 18.2. The van der Waals surface area contributed by atoms with Crippen LogP contribution >= 0.6 is 11.3 Å². The number of allylic oxidation sites excluding steroid dienone is 4. The van der Waals surface area contributed by atoms with Crippen LogP contribution in [0.4, 0.5) is 0 Å². The maximum absolute atomic E-state index is 2.30. The minimum atomic E-state index is 0.568. The van der Waals surface area contributed by atoms with Crippen LogP contribution in [0.3, 0.4) is 0 Å². The predicted octanol–water partition coefficient (Wildman–Crippen LogP) is 5.32. The second-order valence-corrected chi connectivity index (χ2v) is 5.84. The van der Waals surface area contributed by atoms with E-state index in [0.29, 0.717) is 5.92 Å². The molecular formula is C17H16S. The van der Waals surface area contributed by atoms with Crippen LogP contribution in [0.5, 0.6) is 0 Å². The highest BCUT2D eigenvalue weighted by molar-refractivity contribution is 7.15. The van der Waals surface area contributed by atoms with Crippen LogP contribution in [-0.2, 0) is 0 Å². The maximum atomic E-state index is 2.30. The summed E-state index contributed by atoms with van der Waals surface area (Å²) in [5, 5.41) is 0. The number of hydrogen-bond donors (Lipinski definition) is 0. The van der Waals surface area contributed by atoms with Gasteiger partial charge in [-0.15, -0.1) is 11.3 Å². The topological polar surface area (TPSA) is 0 Å². The molecule has 0 bridgehead atoms. The highest BCUT2D eigenvalue weighted by Crippen LogP contribution is 2.35. The molecule has 1 heterocycles. The Morgan fingerprint density at radius 1 is 1.11 bits per heavy atom. The zero-order valence-electron chi connectivity index (χ0n) is 10.5. The second-order valence-electron chi connectivity index (χ2n) is 4.73. The monoisotopic (exact) mass is 252 g/mol. The van der Waals surface area contributed by atoms with E-state index in [1.165, 1.54) is 20.9 Å². The number of hydrogen-bond acceptors (Lipinski definition) is 1. The van der Waals surface area contributed by atoms with Gasteiger partial charge in [-0.05, 0) is 31.0 Å². The van der Waals surface area contributed by atoms with Crippen LogP contribution in [0.1, 0.15) is 22.8 Å². The molecule has 18 heavy (non-hydrogen) atoms. The Labute approximate surface area is 112 Å². The standard InChI is InChI=1S/C17H16S/c1-13-6-5-9-15(12-13)17-11-10-16(18-17)14-7-3-2-4-8-14/h2-7,9-12,14H,8H2,1H3/t14-/m1/s1. The summed E-state index contributed by atoms with van der Waals surface area (Å²) >= 11 is 1.92. The summed E-state index contributed by atoms with van der Waals surface area (Å²) in [5.74, 6) is 0.568. The van der Waals surface area contributed by atoms with Crippen LogP contribution in [0.2, 0.25) is 0 Å². The van der Waals surface area contributed by atoms with Crippen molar-refractivity contribution in [3.63, 3.8) is 0 Å². The molecule has 0 radical (unpaired) electrons. The van der Waals surface area contributed by atoms with Crippen molar-refractivity contribution in [2.45, 2.75) is 19.3 Å². The van der Waals surface area contributed by atoms with Gasteiger partial charge >= 0.3 is 0 Å². The van der Waals surface area contributed by atoms with E-state index >= 15 is 0 Å². The Balaban J connectivity index is 1.89. The highest BCUT2D eigenvalue weighted by Gasteiger charge is 2.11. The van der Waals surface area contributed by atoms with Gasteiger partial charge in [0.15, 0.2) is 0 Å². The van der Waals surface area contributed by atoms with Gasteiger partial charge < -0.3 is 0 Å². The van der Waals surface area contributed by atoms with Crippen molar-refractivity contribution in [1.82, 2.24) is 0 Å². The van der Waals surface area contributed by atoms with Gasteiger partial charge in [-0.2, -0.15) is 0 Å². The van der Waals surface area contributed by atoms with Gasteiger partial charge in [-0.3, -0.25) is 0 Å². The van der Waals surface area contributed by atoms with Gasteiger partial charge in [0.05, 0.1) is 0 Å². The third-order valence-electron chi connectivity index (χ3n) is 3.28. The smallest absolute Gasteiger partial charge is 0.0345 e. The van der Waals surface area contributed by atoms with Gasteiger partial charge in [0.2, 0.25) is 0 Å². The third-order valence-corrected chi connectivity index (χ3v) is 4.54. The first-order chi connectivity index (χ1) is 8.83. The SMILES string of the molecule is Cc1cccc(-c2ccc([C@@H]3C=CC=CC3)s2)c1. The molecule has 3 rings (SSSR count). The summed E-state index contributed by atoms with van der Waals surface area (Å²) < 4.78 is 0. The summed E-state index contributed by atoms with van der Waals surface area (Å²) in [6.45, 7) is 2.15. The van der Waals surface area contributed by atoms with Gasteiger partial charge in [0, 0.05) is 15.7 Å². The second kappa shape index (κ2) is 4.95. The van der Waals surface area contributed by atoms with Crippen molar-refractivity contribution in [3.8, 4) is 10.4 Å². The van der Waals surface area contributed by atoms with E-state index in [9.17, 15) is 0 Å². The first-order valence-electron chi connectivity index (χ1n) is 6.33. The number of aryl methyl sites for hydroxylation is 1. The lowest BCUT2D eigenvalue weighted by atomic mass is 9.99. The zero-order chi connectivity index (χ0) is 12.4. The van der Waals surface area contributed by atoms with Gasteiger partial charge in [0.25, 0.3) is 0 Å². The number of benzene rings is 1. The van der Waals surface area contributed by atoms with E-state index in [1.807, 2.05) is 11.3 Å². The van der Waals surface area contributed by atoms with E-state index in [-0.39, 0.29) is 0 Å². The molecule has 1 aliphatic carbocycles. The fourth-order valence-corrected chi connectivity index (χ4v) is 3.39. The van der Waals surface area contributed by atoms with Crippen LogP contribution < -0.4 is 0 Å². The molecule has 0 nitrogen and oxygen atoms in total. The predicted molar refractivity (Wildman–Crippen MR) is 80.1 cm³/mol. The molecule has 90 valence electrons. The zero-order valence-corrected chi connectivity index (χ0v) is 11.3. The molecule has 1 heteroatoms. The summed E-state index contributed by atoms with van der Waals surface area (Å²) in [6.07, 6.45) is 9.96. The molecule has 0 N–H and O–H groups in total. The molecule has 1 aliphatic rings. The van der Waals surface area contributed by atoms with Crippen molar-refractivity contribution < 1.29 is 0 Å². The van der Waals surface area contributed by atoms with Crippen LogP contribution in [0, 0.1) is 6.92 Å². The van der Waals surface area contributed by atoms with Crippen molar-refractivity contribution in [3.05, 3.63) is 71.1 Å². The van der Waals surface area contributed by atoms with E-state index in [4.69, 9.17) is 0 Å². The first kappa shape index (κ1) is 11.5. The van der Waals surface area contributed by atoms with Crippen molar-refractivity contribution in [2.75, 3.05) is 0 Å². The summed E-state index contributed by atoms with van der Waals surface area (Å²) in [6, 6.07) is 13.3. The van der Waals surface area contributed by atoms with E-state index in [1.54, 1.807) is 0 Å². The first-order valence-corrected chi connectivity index (χ1v) is 7.15. The largest absolute Gasteiger partial charge is 0.140 e. The average Bonchev–Trinajstić information content (AvgIpc) is 2.89. The Morgan fingerprint density at radius 3 is 2.83 bits per heavy atom. The van der Waals surface area contributed by atoms with E-state index < -0.39 is 0 Å². The molecule has 2 aromatic rings. The Kier molecular flexibility index (Phi) is 3.16. The molecule has 1 aromatic heterocycles. The fourth-order valence-electron chi connectivity index (χ4n) is 2.30. The van der Waals surface area contributed by atoms with Gasteiger partial charge in [-0.1, -0.05) is 54.1 Å². The molecule has 0 aliphatic heterocycles. The fraction of sp³-hybridized carbons (Fsp3) is 0.176. The van der Waals surface area contributed by atoms with E-state index in [0.717, 1.165) is 6.42 Å². The van der Waals surface area contributed by atoms with Crippen LogP contribution in [-0.4, -0.2) is 0 Å². The molecule has 1 aromatic carbocycles.